The number of pyridine rings is 1. The lowest BCUT2D eigenvalue weighted by atomic mass is 9.77. The Balaban J connectivity index is 1.25. The van der Waals surface area contributed by atoms with Gasteiger partial charge < -0.3 is 20.1 Å². The average molecular weight is 383 g/mol. The quantitative estimate of drug-likeness (QED) is 0.849. The van der Waals surface area contributed by atoms with Crippen molar-refractivity contribution < 1.29 is 14.6 Å². The van der Waals surface area contributed by atoms with Gasteiger partial charge in [0.1, 0.15) is 17.4 Å². The number of carbonyl (C=O) groups is 1. The third-order valence-electron chi connectivity index (χ3n) is 6.08. The summed E-state index contributed by atoms with van der Waals surface area (Å²) in [5.41, 5.74) is 0.226. The molecule has 1 aliphatic carbocycles. The Morgan fingerprint density at radius 2 is 1.89 bits per heavy atom. The van der Waals surface area contributed by atoms with Crippen LogP contribution in [-0.2, 0) is 0 Å². The van der Waals surface area contributed by atoms with Crippen LogP contribution in [-0.4, -0.2) is 51.9 Å². The summed E-state index contributed by atoms with van der Waals surface area (Å²) in [4.78, 5) is 18.7. The van der Waals surface area contributed by atoms with E-state index in [0.717, 1.165) is 42.3 Å². The summed E-state index contributed by atoms with van der Waals surface area (Å²) < 4.78 is 6.07. The number of likely N-dealkylation sites (tertiary alicyclic amines) is 1. The predicted octanol–water partition coefficient (Wildman–Crippen LogP) is 3.34. The molecule has 6 heteroatoms. The highest BCUT2D eigenvalue weighted by molar-refractivity contribution is 5.84. The topological polar surface area (TPSA) is 74.7 Å². The number of para-hydroxylation sites is 1. The number of rotatable bonds is 4. The first-order chi connectivity index (χ1) is 13.4. The number of nitrogens with one attached hydrogen (secondary N) is 1. The predicted molar refractivity (Wildman–Crippen MR) is 108 cm³/mol. The van der Waals surface area contributed by atoms with Gasteiger partial charge in [0.05, 0.1) is 18.7 Å². The van der Waals surface area contributed by atoms with Crippen LogP contribution in [0.1, 0.15) is 39.5 Å². The van der Waals surface area contributed by atoms with E-state index < -0.39 is 5.60 Å². The molecule has 2 aliphatic rings. The number of aromatic nitrogens is 1. The van der Waals surface area contributed by atoms with Gasteiger partial charge in [0.15, 0.2) is 0 Å². The van der Waals surface area contributed by atoms with Crippen molar-refractivity contribution in [2.45, 2.75) is 57.3 Å². The normalized spacial score (nSPS) is 23.3. The highest BCUT2D eigenvalue weighted by Gasteiger charge is 2.35. The average Bonchev–Trinajstić information content (AvgIpc) is 2.64. The molecule has 0 radical (unpaired) electrons. The molecule has 2 N–H and O–H groups in total. The molecular formula is C22H29N3O3. The lowest BCUT2D eigenvalue weighted by Gasteiger charge is -2.41. The Morgan fingerprint density at radius 1 is 1.18 bits per heavy atom. The van der Waals surface area contributed by atoms with Crippen LogP contribution in [0.4, 0.5) is 4.79 Å². The standard InChI is InChI=1S/C22H29N3O3/c1-22(2,27)16-8-10-17(11-9-16)24-21(26)25-13-18(14-25)28-19-7-3-5-15-6-4-12-23-20(15)19/h3-7,12,16-18,27H,8-11,13-14H2,1-2H3,(H,24,26). The minimum atomic E-state index is -0.631. The van der Waals surface area contributed by atoms with Crippen LogP contribution < -0.4 is 10.1 Å². The summed E-state index contributed by atoms with van der Waals surface area (Å²) in [6.45, 7) is 4.94. The summed E-state index contributed by atoms with van der Waals surface area (Å²) in [6.07, 6.45) is 5.53. The Morgan fingerprint density at radius 3 is 2.61 bits per heavy atom. The number of benzene rings is 1. The van der Waals surface area contributed by atoms with Gasteiger partial charge in [-0.1, -0.05) is 18.2 Å². The Kier molecular flexibility index (Phi) is 5.15. The van der Waals surface area contributed by atoms with E-state index in [0.29, 0.717) is 19.0 Å². The summed E-state index contributed by atoms with van der Waals surface area (Å²) in [7, 11) is 0. The molecular weight excluding hydrogens is 354 g/mol. The highest BCUT2D eigenvalue weighted by Crippen LogP contribution is 2.32. The molecule has 28 heavy (non-hydrogen) atoms. The van der Waals surface area contributed by atoms with Gasteiger partial charge >= 0.3 is 6.03 Å². The number of carbonyl (C=O) groups excluding carboxylic acids is 1. The molecule has 0 bridgehead atoms. The number of fused-ring (bicyclic) bond motifs is 1. The van der Waals surface area contributed by atoms with E-state index in [2.05, 4.69) is 10.3 Å². The van der Waals surface area contributed by atoms with Gasteiger partial charge in [0, 0.05) is 17.6 Å². The monoisotopic (exact) mass is 383 g/mol. The summed E-state index contributed by atoms with van der Waals surface area (Å²) in [5, 5.41) is 14.3. The van der Waals surface area contributed by atoms with Crippen molar-refractivity contribution in [3.05, 3.63) is 36.5 Å². The van der Waals surface area contributed by atoms with E-state index in [9.17, 15) is 9.90 Å². The zero-order chi connectivity index (χ0) is 19.7. The van der Waals surface area contributed by atoms with Crippen LogP contribution in [0, 0.1) is 5.92 Å². The maximum absolute atomic E-state index is 12.5. The second-order valence-corrected chi connectivity index (χ2v) is 8.63. The molecule has 6 nitrogen and oxygen atoms in total. The van der Waals surface area contributed by atoms with Crippen molar-refractivity contribution in [3.63, 3.8) is 0 Å². The highest BCUT2D eigenvalue weighted by atomic mass is 16.5. The summed E-state index contributed by atoms with van der Waals surface area (Å²) >= 11 is 0. The number of urea groups is 1. The first-order valence-corrected chi connectivity index (χ1v) is 10.2. The Labute approximate surface area is 165 Å². The van der Waals surface area contributed by atoms with Crippen molar-refractivity contribution in [3.8, 4) is 5.75 Å². The number of amides is 2. The van der Waals surface area contributed by atoms with Crippen molar-refractivity contribution in [1.82, 2.24) is 15.2 Å². The van der Waals surface area contributed by atoms with Crippen molar-refractivity contribution in [1.29, 1.82) is 0 Å². The number of hydrogen-bond donors (Lipinski definition) is 2. The smallest absolute Gasteiger partial charge is 0.317 e. The molecule has 0 unspecified atom stereocenters. The molecule has 1 saturated heterocycles. The summed E-state index contributed by atoms with van der Waals surface area (Å²) in [5.74, 6) is 1.09. The minimum absolute atomic E-state index is 0.00396. The number of hydrogen-bond acceptors (Lipinski definition) is 4. The van der Waals surface area contributed by atoms with Gasteiger partial charge in [0.2, 0.25) is 0 Å². The zero-order valence-electron chi connectivity index (χ0n) is 16.6. The van der Waals surface area contributed by atoms with Gasteiger partial charge in [0.25, 0.3) is 0 Å². The Bertz CT molecular complexity index is 829. The van der Waals surface area contributed by atoms with E-state index in [1.54, 1.807) is 11.1 Å². The van der Waals surface area contributed by atoms with E-state index >= 15 is 0 Å². The molecule has 0 spiro atoms. The minimum Gasteiger partial charge on any atom is -0.484 e. The lowest BCUT2D eigenvalue weighted by Crippen LogP contribution is -2.60. The van der Waals surface area contributed by atoms with Crippen LogP contribution >= 0.6 is 0 Å². The first kappa shape index (κ1) is 19.0. The van der Waals surface area contributed by atoms with Crippen molar-refractivity contribution in [2.75, 3.05) is 13.1 Å². The van der Waals surface area contributed by atoms with Crippen LogP contribution in [0.15, 0.2) is 36.5 Å². The molecule has 1 aromatic heterocycles. The van der Waals surface area contributed by atoms with E-state index in [1.807, 2.05) is 44.2 Å². The van der Waals surface area contributed by atoms with Gasteiger partial charge in [-0.2, -0.15) is 0 Å². The molecule has 2 fully saturated rings. The van der Waals surface area contributed by atoms with Gasteiger partial charge in [-0.25, -0.2) is 4.79 Å². The van der Waals surface area contributed by atoms with Gasteiger partial charge in [-0.05, 0) is 57.6 Å². The van der Waals surface area contributed by atoms with Crippen LogP contribution in [0.25, 0.3) is 10.9 Å². The fourth-order valence-corrected chi connectivity index (χ4v) is 4.24. The van der Waals surface area contributed by atoms with Crippen LogP contribution in [0.3, 0.4) is 0 Å². The lowest BCUT2D eigenvalue weighted by molar-refractivity contribution is -0.00326. The molecule has 2 heterocycles. The molecule has 150 valence electrons. The fraction of sp³-hybridized carbons (Fsp3) is 0.545. The van der Waals surface area contributed by atoms with Crippen LogP contribution in [0.5, 0.6) is 5.75 Å². The molecule has 1 aromatic carbocycles. The van der Waals surface area contributed by atoms with E-state index in [1.165, 1.54) is 0 Å². The molecule has 1 saturated carbocycles. The SMILES string of the molecule is CC(C)(O)C1CCC(NC(=O)N2CC(Oc3cccc4cccnc34)C2)CC1. The second kappa shape index (κ2) is 7.59. The number of aliphatic hydroxyl groups is 1. The van der Waals surface area contributed by atoms with E-state index in [-0.39, 0.29) is 18.2 Å². The molecule has 0 atom stereocenters. The third kappa shape index (κ3) is 4.07. The second-order valence-electron chi connectivity index (χ2n) is 8.63. The van der Waals surface area contributed by atoms with Gasteiger partial charge in [-0.3, -0.25) is 4.98 Å². The van der Waals surface area contributed by atoms with Crippen LogP contribution in [0.2, 0.25) is 0 Å². The molecule has 4 rings (SSSR count). The maximum atomic E-state index is 12.5. The largest absolute Gasteiger partial charge is 0.484 e. The molecule has 2 amide bonds. The summed E-state index contributed by atoms with van der Waals surface area (Å²) in [6, 6.07) is 10.0. The molecule has 1 aliphatic heterocycles. The van der Waals surface area contributed by atoms with Crippen molar-refractivity contribution >= 4 is 16.9 Å². The number of ether oxygens (including phenoxy) is 1. The molecule has 2 aromatic rings. The van der Waals surface area contributed by atoms with Crippen molar-refractivity contribution in [2.24, 2.45) is 5.92 Å². The van der Waals surface area contributed by atoms with E-state index in [4.69, 9.17) is 4.74 Å². The fourth-order valence-electron chi connectivity index (χ4n) is 4.24. The zero-order valence-corrected chi connectivity index (χ0v) is 16.6. The maximum Gasteiger partial charge on any atom is 0.317 e. The van der Waals surface area contributed by atoms with Gasteiger partial charge in [-0.15, -0.1) is 0 Å². The Hall–Kier alpha value is -2.34. The first-order valence-electron chi connectivity index (χ1n) is 10.2. The number of nitrogens with zero attached hydrogens (tertiary/aromatic N) is 2. The third-order valence-corrected chi connectivity index (χ3v) is 6.08.